The molecular formula is C25H26N4O3. The van der Waals surface area contributed by atoms with Gasteiger partial charge in [-0.05, 0) is 61.4 Å². The highest BCUT2D eigenvalue weighted by Crippen LogP contribution is 2.32. The van der Waals surface area contributed by atoms with Crippen LogP contribution in [0, 0.1) is 0 Å². The van der Waals surface area contributed by atoms with E-state index in [4.69, 9.17) is 4.74 Å². The minimum atomic E-state index is -0.213. The number of nitrogens with one attached hydrogen (secondary N) is 1. The molecule has 0 spiro atoms. The van der Waals surface area contributed by atoms with Crippen LogP contribution < -0.4 is 10.2 Å². The predicted molar refractivity (Wildman–Crippen MR) is 124 cm³/mol. The van der Waals surface area contributed by atoms with Crippen LogP contribution in [-0.4, -0.2) is 61.1 Å². The SMILES string of the molecule is O=C(Nc1ccc(N2CCCC2)c2ncccc12)c1ccc(C(=O)N2CCOCC2)cc1. The van der Waals surface area contributed by atoms with Crippen LogP contribution in [-0.2, 0) is 4.74 Å². The van der Waals surface area contributed by atoms with Gasteiger partial charge >= 0.3 is 0 Å². The zero-order valence-electron chi connectivity index (χ0n) is 17.9. The highest BCUT2D eigenvalue weighted by atomic mass is 16.5. The van der Waals surface area contributed by atoms with Crippen LogP contribution in [0.1, 0.15) is 33.6 Å². The lowest BCUT2D eigenvalue weighted by atomic mass is 10.1. The van der Waals surface area contributed by atoms with Crippen molar-refractivity contribution in [1.29, 1.82) is 0 Å². The van der Waals surface area contributed by atoms with E-state index in [1.165, 1.54) is 12.8 Å². The smallest absolute Gasteiger partial charge is 0.255 e. The van der Waals surface area contributed by atoms with Crippen LogP contribution >= 0.6 is 0 Å². The highest BCUT2D eigenvalue weighted by Gasteiger charge is 2.20. The van der Waals surface area contributed by atoms with Crippen molar-refractivity contribution >= 4 is 34.1 Å². The van der Waals surface area contributed by atoms with Crippen LogP contribution in [0.15, 0.2) is 54.7 Å². The molecule has 164 valence electrons. The fourth-order valence-corrected chi connectivity index (χ4v) is 4.39. The first kappa shape index (κ1) is 20.5. The molecule has 0 atom stereocenters. The van der Waals surface area contributed by atoms with E-state index in [-0.39, 0.29) is 11.8 Å². The number of benzene rings is 2. The third kappa shape index (κ3) is 4.03. The average Bonchev–Trinajstić information content (AvgIpc) is 3.39. The van der Waals surface area contributed by atoms with Gasteiger partial charge in [-0.3, -0.25) is 14.6 Å². The van der Waals surface area contributed by atoms with Crippen molar-refractivity contribution in [2.45, 2.75) is 12.8 Å². The summed E-state index contributed by atoms with van der Waals surface area (Å²) in [6.45, 7) is 4.38. The standard InChI is InChI=1S/C25H26N4O3/c30-24(18-5-7-19(8-6-18)25(31)29-14-16-32-17-15-29)27-21-9-10-22(28-12-1-2-13-28)23-20(21)4-3-11-26-23/h3-11H,1-2,12-17H2,(H,27,30). The van der Waals surface area contributed by atoms with E-state index in [1.807, 2.05) is 24.3 Å². The summed E-state index contributed by atoms with van der Waals surface area (Å²) in [5, 5.41) is 3.94. The Bertz CT molecular complexity index is 1130. The summed E-state index contributed by atoms with van der Waals surface area (Å²) in [5.74, 6) is -0.246. The van der Waals surface area contributed by atoms with Crippen molar-refractivity contribution in [3.8, 4) is 0 Å². The van der Waals surface area contributed by atoms with Gasteiger partial charge in [0.2, 0.25) is 0 Å². The molecule has 7 nitrogen and oxygen atoms in total. The molecule has 0 radical (unpaired) electrons. The van der Waals surface area contributed by atoms with Crippen LogP contribution in [0.25, 0.3) is 10.9 Å². The fourth-order valence-electron chi connectivity index (χ4n) is 4.39. The second kappa shape index (κ2) is 8.96. The molecule has 2 aliphatic heterocycles. The number of ether oxygens (including phenoxy) is 1. The molecule has 0 aliphatic carbocycles. The van der Waals surface area contributed by atoms with Gasteiger partial charge in [-0.1, -0.05) is 0 Å². The number of hydrogen-bond acceptors (Lipinski definition) is 5. The summed E-state index contributed by atoms with van der Waals surface area (Å²) in [4.78, 5) is 34.3. The van der Waals surface area contributed by atoms with E-state index < -0.39 is 0 Å². The summed E-state index contributed by atoms with van der Waals surface area (Å²) in [6.07, 6.45) is 4.17. The quantitative estimate of drug-likeness (QED) is 0.685. The number of carbonyl (C=O) groups excluding carboxylic acids is 2. The molecule has 2 aliphatic rings. The summed E-state index contributed by atoms with van der Waals surface area (Å²) >= 11 is 0. The molecule has 2 fully saturated rings. The van der Waals surface area contributed by atoms with Crippen LogP contribution in [0.5, 0.6) is 0 Å². The van der Waals surface area contributed by atoms with Crippen molar-refractivity contribution in [1.82, 2.24) is 9.88 Å². The van der Waals surface area contributed by atoms with Crippen molar-refractivity contribution in [2.24, 2.45) is 0 Å². The number of morpholine rings is 1. The molecule has 3 heterocycles. The molecule has 32 heavy (non-hydrogen) atoms. The normalized spacial score (nSPS) is 16.4. The minimum absolute atomic E-state index is 0.0326. The zero-order chi connectivity index (χ0) is 21.9. The number of carbonyl (C=O) groups is 2. The maximum atomic E-state index is 12.9. The first-order valence-corrected chi connectivity index (χ1v) is 11.1. The third-order valence-corrected chi connectivity index (χ3v) is 6.14. The molecule has 5 rings (SSSR count). The van der Waals surface area contributed by atoms with Crippen molar-refractivity contribution in [3.63, 3.8) is 0 Å². The maximum absolute atomic E-state index is 12.9. The summed E-state index contributed by atoms with van der Waals surface area (Å²) < 4.78 is 5.31. The van der Waals surface area contributed by atoms with E-state index in [1.54, 1.807) is 35.4 Å². The number of fused-ring (bicyclic) bond motifs is 1. The molecule has 3 aromatic rings. The van der Waals surface area contributed by atoms with Gasteiger partial charge < -0.3 is 19.9 Å². The Hall–Kier alpha value is -3.45. The third-order valence-electron chi connectivity index (χ3n) is 6.14. The monoisotopic (exact) mass is 430 g/mol. The number of aromatic nitrogens is 1. The van der Waals surface area contributed by atoms with Gasteiger partial charge in [0.05, 0.1) is 30.1 Å². The Kier molecular flexibility index (Phi) is 5.73. The summed E-state index contributed by atoms with van der Waals surface area (Å²) in [6, 6.07) is 14.7. The largest absolute Gasteiger partial charge is 0.378 e. The minimum Gasteiger partial charge on any atom is -0.378 e. The topological polar surface area (TPSA) is 74.8 Å². The second-order valence-electron chi connectivity index (χ2n) is 8.16. The van der Waals surface area contributed by atoms with Crippen molar-refractivity contribution in [2.75, 3.05) is 49.6 Å². The van der Waals surface area contributed by atoms with E-state index in [0.29, 0.717) is 37.4 Å². The first-order chi connectivity index (χ1) is 15.7. The zero-order valence-corrected chi connectivity index (χ0v) is 17.9. The number of amides is 2. The van der Waals surface area contributed by atoms with E-state index >= 15 is 0 Å². The number of nitrogens with zero attached hydrogens (tertiary/aromatic N) is 3. The van der Waals surface area contributed by atoms with Gasteiger partial charge in [-0.15, -0.1) is 0 Å². The summed E-state index contributed by atoms with van der Waals surface area (Å²) in [5.41, 5.74) is 3.83. The highest BCUT2D eigenvalue weighted by molar-refractivity contribution is 6.10. The number of hydrogen-bond donors (Lipinski definition) is 1. The van der Waals surface area contributed by atoms with Crippen molar-refractivity contribution in [3.05, 3.63) is 65.9 Å². The van der Waals surface area contributed by atoms with E-state index in [0.717, 1.165) is 35.4 Å². The summed E-state index contributed by atoms with van der Waals surface area (Å²) in [7, 11) is 0. The molecule has 0 saturated carbocycles. The van der Waals surface area contributed by atoms with E-state index in [2.05, 4.69) is 15.2 Å². The predicted octanol–water partition coefficient (Wildman–Crippen LogP) is 3.56. The molecule has 7 heteroatoms. The van der Waals surface area contributed by atoms with Crippen LogP contribution in [0.3, 0.4) is 0 Å². The lowest BCUT2D eigenvalue weighted by Gasteiger charge is -2.26. The lowest BCUT2D eigenvalue weighted by Crippen LogP contribution is -2.40. The molecule has 1 N–H and O–H groups in total. The average molecular weight is 431 g/mol. The molecule has 0 unspecified atom stereocenters. The van der Waals surface area contributed by atoms with Crippen LogP contribution in [0.2, 0.25) is 0 Å². The van der Waals surface area contributed by atoms with Crippen LogP contribution in [0.4, 0.5) is 11.4 Å². The Labute approximate surface area is 187 Å². The Morgan fingerprint density at radius 3 is 2.34 bits per heavy atom. The lowest BCUT2D eigenvalue weighted by molar-refractivity contribution is 0.0303. The van der Waals surface area contributed by atoms with E-state index in [9.17, 15) is 9.59 Å². The van der Waals surface area contributed by atoms with Gasteiger partial charge in [0.15, 0.2) is 0 Å². The molecule has 2 saturated heterocycles. The van der Waals surface area contributed by atoms with Gasteiger partial charge in [0.25, 0.3) is 11.8 Å². The fraction of sp³-hybridized carbons (Fsp3) is 0.320. The molecular weight excluding hydrogens is 404 g/mol. The van der Waals surface area contributed by atoms with Gasteiger partial charge in [-0.2, -0.15) is 0 Å². The number of rotatable bonds is 4. The number of pyridine rings is 1. The van der Waals surface area contributed by atoms with Gasteiger partial charge in [0, 0.05) is 48.9 Å². The second-order valence-corrected chi connectivity index (χ2v) is 8.16. The van der Waals surface area contributed by atoms with Gasteiger partial charge in [0.1, 0.15) is 0 Å². The molecule has 0 bridgehead atoms. The van der Waals surface area contributed by atoms with Crippen molar-refractivity contribution < 1.29 is 14.3 Å². The Morgan fingerprint density at radius 1 is 0.875 bits per heavy atom. The Balaban J connectivity index is 1.35. The molecule has 1 aromatic heterocycles. The Morgan fingerprint density at radius 2 is 1.59 bits per heavy atom. The van der Waals surface area contributed by atoms with Gasteiger partial charge in [-0.25, -0.2) is 0 Å². The molecule has 2 aromatic carbocycles. The maximum Gasteiger partial charge on any atom is 0.255 e. The molecule has 2 amide bonds. The number of anilines is 2. The first-order valence-electron chi connectivity index (χ1n) is 11.1.